The molecule has 0 rings (SSSR count). The maximum absolute atomic E-state index is 10.7. The number of rotatable bonds is 2. The van der Waals surface area contributed by atoms with Gasteiger partial charge >= 0.3 is 5.97 Å². The molecule has 3 heteroatoms. The van der Waals surface area contributed by atoms with Crippen LogP contribution in [0.15, 0.2) is 11.8 Å². The molecule has 0 aromatic carbocycles. The van der Waals surface area contributed by atoms with Gasteiger partial charge in [0.05, 0.1) is 17.9 Å². The molecule has 0 aromatic rings. The van der Waals surface area contributed by atoms with Crippen molar-refractivity contribution >= 4 is 5.97 Å². The standard InChI is InChI=1S/C7H12O3/c1-5(2)10-7(9)6(3)4-8/h4-5,8H,1-3H3/b6-4+. The summed E-state index contributed by atoms with van der Waals surface area (Å²) in [6.07, 6.45) is 0.604. The molecule has 0 atom stereocenters. The highest BCUT2D eigenvalue weighted by molar-refractivity contribution is 5.87. The first-order valence-corrected chi connectivity index (χ1v) is 3.10. The molecule has 0 spiro atoms. The first kappa shape index (κ1) is 9.01. The highest BCUT2D eigenvalue weighted by Crippen LogP contribution is 1.97. The van der Waals surface area contributed by atoms with Crippen LogP contribution < -0.4 is 0 Å². The van der Waals surface area contributed by atoms with E-state index < -0.39 is 5.97 Å². The van der Waals surface area contributed by atoms with Crippen LogP contribution in [0.4, 0.5) is 0 Å². The van der Waals surface area contributed by atoms with E-state index in [-0.39, 0.29) is 11.7 Å². The van der Waals surface area contributed by atoms with E-state index in [0.29, 0.717) is 0 Å². The molecule has 0 bridgehead atoms. The van der Waals surface area contributed by atoms with E-state index in [1.165, 1.54) is 6.92 Å². The summed E-state index contributed by atoms with van der Waals surface area (Å²) in [4.78, 5) is 10.7. The van der Waals surface area contributed by atoms with E-state index >= 15 is 0 Å². The number of carbonyl (C=O) groups is 1. The number of ether oxygens (including phenoxy) is 1. The van der Waals surface area contributed by atoms with Crippen molar-refractivity contribution in [3.63, 3.8) is 0 Å². The molecule has 0 unspecified atom stereocenters. The van der Waals surface area contributed by atoms with Gasteiger partial charge in [-0.2, -0.15) is 0 Å². The molecule has 58 valence electrons. The molecule has 0 saturated carbocycles. The minimum absolute atomic E-state index is 0.137. The van der Waals surface area contributed by atoms with Crippen molar-refractivity contribution < 1.29 is 14.6 Å². The Morgan fingerprint density at radius 2 is 2.10 bits per heavy atom. The van der Waals surface area contributed by atoms with Gasteiger partial charge in [-0.25, -0.2) is 4.79 Å². The van der Waals surface area contributed by atoms with Crippen molar-refractivity contribution in [1.82, 2.24) is 0 Å². The SMILES string of the molecule is C/C(=C\O)C(=O)OC(C)C. The van der Waals surface area contributed by atoms with Gasteiger partial charge in [-0.3, -0.25) is 0 Å². The van der Waals surface area contributed by atoms with Crippen molar-refractivity contribution in [2.24, 2.45) is 0 Å². The van der Waals surface area contributed by atoms with Crippen LogP contribution in [0.5, 0.6) is 0 Å². The monoisotopic (exact) mass is 144 g/mol. The topological polar surface area (TPSA) is 46.5 Å². The Morgan fingerprint density at radius 1 is 1.60 bits per heavy atom. The maximum Gasteiger partial charge on any atom is 0.337 e. The predicted octanol–water partition coefficient (Wildman–Crippen LogP) is 1.40. The lowest BCUT2D eigenvalue weighted by Gasteiger charge is -2.06. The molecule has 10 heavy (non-hydrogen) atoms. The zero-order valence-corrected chi connectivity index (χ0v) is 6.42. The smallest absolute Gasteiger partial charge is 0.337 e. The molecule has 0 fully saturated rings. The molecule has 0 amide bonds. The molecule has 0 aromatic heterocycles. The Morgan fingerprint density at radius 3 is 2.40 bits per heavy atom. The van der Waals surface area contributed by atoms with E-state index in [4.69, 9.17) is 9.84 Å². The molecule has 0 heterocycles. The molecule has 1 N–H and O–H groups in total. The zero-order chi connectivity index (χ0) is 8.15. The van der Waals surface area contributed by atoms with E-state index in [1.807, 2.05) is 0 Å². The van der Waals surface area contributed by atoms with Crippen LogP contribution in [0.25, 0.3) is 0 Å². The fraction of sp³-hybridized carbons (Fsp3) is 0.571. The quantitative estimate of drug-likeness (QED) is 0.362. The molecule has 0 radical (unpaired) electrons. The van der Waals surface area contributed by atoms with E-state index in [1.54, 1.807) is 13.8 Å². The average molecular weight is 144 g/mol. The van der Waals surface area contributed by atoms with Gasteiger partial charge in [-0.15, -0.1) is 0 Å². The van der Waals surface area contributed by atoms with Crippen molar-refractivity contribution in [2.45, 2.75) is 26.9 Å². The van der Waals surface area contributed by atoms with Gasteiger partial charge in [0.1, 0.15) is 0 Å². The maximum atomic E-state index is 10.7. The molecule has 0 aliphatic heterocycles. The van der Waals surface area contributed by atoms with E-state index in [0.717, 1.165) is 6.26 Å². The van der Waals surface area contributed by atoms with Gasteiger partial charge in [0.25, 0.3) is 0 Å². The number of esters is 1. The first-order chi connectivity index (χ1) is 4.57. The lowest BCUT2D eigenvalue weighted by molar-refractivity contribution is -0.142. The van der Waals surface area contributed by atoms with Crippen molar-refractivity contribution in [3.05, 3.63) is 11.8 Å². The van der Waals surface area contributed by atoms with Gasteiger partial charge < -0.3 is 9.84 Å². The summed E-state index contributed by atoms with van der Waals surface area (Å²) in [6.45, 7) is 5.00. The number of aliphatic hydroxyl groups excluding tert-OH is 1. The van der Waals surface area contributed by atoms with E-state index in [9.17, 15) is 4.79 Å². The fourth-order valence-corrected chi connectivity index (χ4v) is 0.360. The zero-order valence-electron chi connectivity index (χ0n) is 6.42. The molecule has 0 saturated heterocycles. The highest BCUT2D eigenvalue weighted by Gasteiger charge is 2.06. The second-order valence-corrected chi connectivity index (χ2v) is 2.27. The van der Waals surface area contributed by atoms with Gasteiger partial charge in [0, 0.05) is 0 Å². The normalized spacial score (nSPS) is 11.8. The van der Waals surface area contributed by atoms with Crippen molar-refractivity contribution in [1.29, 1.82) is 0 Å². The Bertz CT molecular complexity index is 147. The summed E-state index contributed by atoms with van der Waals surface area (Å²) >= 11 is 0. The molecule has 0 aliphatic rings. The molecule has 0 aliphatic carbocycles. The van der Waals surface area contributed by atoms with Crippen LogP contribution in [0.1, 0.15) is 20.8 Å². The van der Waals surface area contributed by atoms with Crippen LogP contribution in [0.2, 0.25) is 0 Å². The van der Waals surface area contributed by atoms with Crippen LogP contribution in [0, 0.1) is 0 Å². The Balaban J connectivity index is 3.86. The third-order valence-electron chi connectivity index (χ3n) is 0.858. The molecular weight excluding hydrogens is 132 g/mol. The summed E-state index contributed by atoms with van der Waals surface area (Å²) in [7, 11) is 0. The van der Waals surface area contributed by atoms with Crippen LogP contribution in [0.3, 0.4) is 0 Å². The first-order valence-electron chi connectivity index (χ1n) is 3.10. The van der Waals surface area contributed by atoms with Crippen LogP contribution in [-0.4, -0.2) is 17.2 Å². The van der Waals surface area contributed by atoms with Gasteiger partial charge in [-0.1, -0.05) is 0 Å². The van der Waals surface area contributed by atoms with Gasteiger partial charge in [0.15, 0.2) is 0 Å². The fourth-order valence-electron chi connectivity index (χ4n) is 0.360. The molecule has 3 nitrogen and oxygen atoms in total. The second kappa shape index (κ2) is 3.93. The number of hydrogen-bond acceptors (Lipinski definition) is 3. The summed E-state index contributed by atoms with van der Waals surface area (Å²) in [6, 6.07) is 0. The number of hydrogen-bond donors (Lipinski definition) is 1. The van der Waals surface area contributed by atoms with E-state index in [2.05, 4.69) is 0 Å². The second-order valence-electron chi connectivity index (χ2n) is 2.27. The highest BCUT2D eigenvalue weighted by atomic mass is 16.5. The van der Waals surface area contributed by atoms with Gasteiger partial charge in [-0.05, 0) is 20.8 Å². The van der Waals surface area contributed by atoms with Crippen molar-refractivity contribution in [3.8, 4) is 0 Å². The summed E-state index contributed by atoms with van der Waals surface area (Å²) in [5.74, 6) is -0.475. The minimum Gasteiger partial charge on any atom is -0.515 e. The summed E-state index contributed by atoms with van der Waals surface area (Å²) in [5, 5.41) is 8.36. The van der Waals surface area contributed by atoms with Gasteiger partial charge in [0.2, 0.25) is 0 Å². The van der Waals surface area contributed by atoms with Crippen LogP contribution in [-0.2, 0) is 9.53 Å². The molecular formula is C7H12O3. The van der Waals surface area contributed by atoms with Crippen LogP contribution >= 0.6 is 0 Å². The average Bonchev–Trinajstić information content (AvgIpc) is 1.85. The third-order valence-corrected chi connectivity index (χ3v) is 0.858. The largest absolute Gasteiger partial charge is 0.515 e. The number of carbonyl (C=O) groups excluding carboxylic acids is 1. The minimum atomic E-state index is -0.475. The Labute approximate surface area is 60.3 Å². The third kappa shape index (κ3) is 3.12. The lowest BCUT2D eigenvalue weighted by Crippen LogP contribution is -2.11. The summed E-state index contributed by atoms with van der Waals surface area (Å²) < 4.78 is 4.74. The Kier molecular flexibility index (Phi) is 3.54. The van der Waals surface area contributed by atoms with Crippen molar-refractivity contribution in [2.75, 3.05) is 0 Å². The summed E-state index contributed by atoms with van der Waals surface area (Å²) in [5.41, 5.74) is 0.216. The lowest BCUT2D eigenvalue weighted by atomic mass is 10.3. The predicted molar refractivity (Wildman–Crippen MR) is 37.6 cm³/mol. The number of aliphatic hydroxyl groups is 1. The Hall–Kier alpha value is -0.990.